The lowest BCUT2D eigenvalue weighted by Crippen LogP contribution is -2.34. The van der Waals surface area contributed by atoms with Crippen molar-refractivity contribution in [2.75, 3.05) is 32.7 Å². The first-order chi connectivity index (χ1) is 10.7. The molecule has 5 nitrogen and oxygen atoms in total. The normalized spacial score (nSPS) is 14.6. The van der Waals surface area contributed by atoms with Gasteiger partial charge in [-0.1, -0.05) is 0 Å². The molecular formula is C16H23ClFN3O2. The fourth-order valence-corrected chi connectivity index (χ4v) is 2.40. The number of carbonyl (C=O) groups is 2. The Hall–Kier alpha value is -1.66. The summed E-state index contributed by atoms with van der Waals surface area (Å²) in [7, 11) is 0. The largest absolute Gasteiger partial charge is 0.352 e. The zero-order chi connectivity index (χ0) is 15.8. The summed E-state index contributed by atoms with van der Waals surface area (Å²) in [5.41, 5.74) is 0.423. The molecule has 0 atom stereocenters. The molecule has 1 saturated heterocycles. The van der Waals surface area contributed by atoms with Crippen LogP contribution >= 0.6 is 12.4 Å². The Morgan fingerprint density at radius 3 is 2.65 bits per heavy atom. The third-order valence-electron chi connectivity index (χ3n) is 3.65. The van der Waals surface area contributed by atoms with Crippen LogP contribution in [0.5, 0.6) is 0 Å². The van der Waals surface area contributed by atoms with Gasteiger partial charge >= 0.3 is 0 Å². The molecule has 0 aliphatic carbocycles. The number of halogens is 2. The maximum atomic E-state index is 12.8. The van der Waals surface area contributed by atoms with Gasteiger partial charge in [0.25, 0.3) is 5.91 Å². The molecular weight excluding hydrogens is 321 g/mol. The first-order valence-electron chi connectivity index (χ1n) is 7.69. The second-order valence-corrected chi connectivity index (χ2v) is 5.35. The van der Waals surface area contributed by atoms with Gasteiger partial charge in [0.1, 0.15) is 5.82 Å². The molecule has 0 bridgehead atoms. The van der Waals surface area contributed by atoms with Crippen molar-refractivity contribution < 1.29 is 14.0 Å². The highest BCUT2D eigenvalue weighted by Crippen LogP contribution is 2.04. The summed E-state index contributed by atoms with van der Waals surface area (Å²) < 4.78 is 12.8. The molecule has 7 heteroatoms. The first kappa shape index (κ1) is 19.4. The van der Waals surface area contributed by atoms with Crippen LogP contribution in [-0.4, -0.2) is 49.4 Å². The number of amides is 2. The minimum atomic E-state index is -0.367. The van der Waals surface area contributed by atoms with E-state index >= 15 is 0 Å². The molecule has 2 rings (SSSR count). The van der Waals surface area contributed by atoms with Gasteiger partial charge in [0, 0.05) is 38.2 Å². The van der Waals surface area contributed by atoms with Crippen molar-refractivity contribution in [3.8, 4) is 0 Å². The Morgan fingerprint density at radius 1 is 1.17 bits per heavy atom. The molecule has 2 amide bonds. The van der Waals surface area contributed by atoms with E-state index in [4.69, 9.17) is 0 Å². The number of hydrogen-bond acceptors (Lipinski definition) is 3. The van der Waals surface area contributed by atoms with E-state index in [0.717, 1.165) is 32.6 Å². The topological polar surface area (TPSA) is 61.4 Å². The van der Waals surface area contributed by atoms with Crippen LogP contribution in [-0.2, 0) is 4.79 Å². The summed E-state index contributed by atoms with van der Waals surface area (Å²) in [4.78, 5) is 25.7. The molecule has 0 saturated carbocycles. The molecule has 1 heterocycles. The SMILES string of the molecule is Cl.O=C(NCCCC(=O)N1CCCNCC1)c1ccc(F)cc1. The van der Waals surface area contributed by atoms with Crippen molar-refractivity contribution in [3.63, 3.8) is 0 Å². The van der Waals surface area contributed by atoms with Gasteiger partial charge in [-0.05, 0) is 43.7 Å². The third-order valence-corrected chi connectivity index (χ3v) is 3.65. The Bertz CT molecular complexity index is 503. The second kappa shape index (κ2) is 10.2. The predicted molar refractivity (Wildman–Crippen MR) is 89.3 cm³/mol. The van der Waals surface area contributed by atoms with Gasteiger partial charge in [-0.15, -0.1) is 12.4 Å². The lowest BCUT2D eigenvalue weighted by atomic mass is 10.2. The number of carbonyl (C=O) groups excluding carboxylic acids is 2. The smallest absolute Gasteiger partial charge is 0.251 e. The molecule has 0 spiro atoms. The van der Waals surface area contributed by atoms with E-state index in [-0.39, 0.29) is 30.0 Å². The van der Waals surface area contributed by atoms with Crippen molar-refractivity contribution in [2.45, 2.75) is 19.3 Å². The molecule has 1 aromatic carbocycles. The van der Waals surface area contributed by atoms with Gasteiger partial charge in [-0.3, -0.25) is 9.59 Å². The van der Waals surface area contributed by atoms with Crippen LogP contribution in [0.1, 0.15) is 29.6 Å². The van der Waals surface area contributed by atoms with Crippen LogP contribution in [0.2, 0.25) is 0 Å². The average molecular weight is 344 g/mol. The standard InChI is InChI=1S/C16H22FN3O2.ClH/c17-14-6-4-13(5-7-14)16(22)19-9-1-3-15(21)20-11-2-8-18-10-12-20;/h4-7,18H,1-3,8-12H2,(H,19,22);1H. The van der Waals surface area contributed by atoms with Crippen LogP contribution in [0.4, 0.5) is 4.39 Å². The van der Waals surface area contributed by atoms with E-state index in [1.807, 2.05) is 4.90 Å². The third kappa shape index (κ3) is 6.54. The molecule has 0 radical (unpaired) electrons. The molecule has 23 heavy (non-hydrogen) atoms. The fraction of sp³-hybridized carbons (Fsp3) is 0.500. The highest BCUT2D eigenvalue weighted by atomic mass is 35.5. The Morgan fingerprint density at radius 2 is 1.91 bits per heavy atom. The van der Waals surface area contributed by atoms with Gasteiger partial charge in [-0.2, -0.15) is 0 Å². The minimum absolute atomic E-state index is 0. The number of hydrogen-bond donors (Lipinski definition) is 2. The van der Waals surface area contributed by atoms with Crippen LogP contribution in [0.15, 0.2) is 24.3 Å². The van der Waals surface area contributed by atoms with Crippen LogP contribution in [0.3, 0.4) is 0 Å². The summed E-state index contributed by atoms with van der Waals surface area (Å²) in [5, 5.41) is 6.00. The molecule has 0 aromatic heterocycles. The summed E-state index contributed by atoms with van der Waals surface area (Å²) in [5.74, 6) is -0.472. The lowest BCUT2D eigenvalue weighted by molar-refractivity contribution is -0.131. The van der Waals surface area contributed by atoms with E-state index in [1.165, 1.54) is 24.3 Å². The molecule has 1 aromatic rings. The predicted octanol–water partition coefficient (Wildman–Crippen LogP) is 1.58. The van der Waals surface area contributed by atoms with Crippen molar-refractivity contribution >= 4 is 24.2 Å². The van der Waals surface area contributed by atoms with Gasteiger partial charge in [0.2, 0.25) is 5.91 Å². The van der Waals surface area contributed by atoms with Crippen molar-refractivity contribution in [1.29, 1.82) is 0 Å². The van der Waals surface area contributed by atoms with Gasteiger partial charge in [-0.25, -0.2) is 4.39 Å². The quantitative estimate of drug-likeness (QED) is 0.798. The number of rotatable bonds is 5. The summed E-state index contributed by atoms with van der Waals surface area (Å²) in [6.45, 7) is 3.78. The van der Waals surface area contributed by atoms with Gasteiger partial charge in [0.15, 0.2) is 0 Å². The summed E-state index contributed by atoms with van der Waals surface area (Å²) in [6, 6.07) is 5.40. The lowest BCUT2D eigenvalue weighted by Gasteiger charge is -2.19. The molecule has 1 aliphatic rings. The Balaban J connectivity index is 0.00000264. The number of nitrogens with one attached hydrogen (secondary N) is 2. The molecule has 1 aliphatic heterocycles. The van der Waals surface area contributed by atoms with E-state index in [0.29, 0.717) is 24.9 Å². The van der Waals surface area contributed by atoms with Crippen LogP contribution < -0.4 is 10.6 Å². The highest BCUT2D eigenvalue weighted by molar-refractivity contribution is 5.94. The summed E-state index contributed by atoms with van der Waals surface area (Å²) in [6.07, 6.45) is 2.02. The van der Waals surface area contributed by atoms with E-state index in [1.54, 1.807) is 0 Å². The first-order valence-corrected chi connectivity index (χ1v) is 7.69. The Labute approximate surface area is 142 Å². The molecule has 128 valence electrons. The Kier molecular flexibility index (Phi) is 8.58. The second-order valence-electron chi connectivity index (χ2n) is 5.35. The highest BCUT2D eigenvalue weighted by Gasteiger charge is 2.14. The van der Waals surface area contributed by atoms with E-state index < -0.39 is 0 Å². The average Bonchev–Trinajstić information content (AvgIpc) is 2.81. The van der Waals surface area contributed by atoms with E-state index in [2.05, 4.69) is 10.6 Å². The van der Waals surface area contributed by atoms with Crippen molar-refractivity contribution in [1.82, 2.24) is 15.5 Å². The maximum Gasteiger partial charge on any atom is 0.251 e. The zero-order valence-corrected chi connectivity index (χ0v) is 13.8. The van der Waals surface area contributed by atoms with Crippen molar-refractivity contribution in [3.05, 3.63) is 35.6 Å². The monoisotopic (exact) mass is 343 g/mol. The minimum Gasteiger partial charge on any atom is -0.352 e. The maximum absolute atomic E-state index is 12.8. The van der Waals surface area contributed by atoms with Crippen LogP contribution in [0.25, 0.3) is 0 Å². The number of nitrogens with zero attached hydrogens (tertiary/aromatic N) is 1. The summed E-state index contributed by atoms with van der Waals surface area (Å²) >= 11 is 0. The van der Waals surface area contributed by atoms with E-state index in [9.17, 15) is 14.0 Å². The fourth-order valence-electron chi connectivity index (χ4n) is 2.40. The molecule has 2 N–H and O–H groups in total. The molecule has 1 fully saturated rings. The van der Waals surface area contributed by atoms with Crippen molar-refractivity contribution in [2.24, 2.45) is 0 Å². The zero-order valence-electron chi connectivity index (χ0n) is 13.0. The molecule has 0 unspecified atom stereocenters. The van der Waals surface area contributed by atoms with Gasteiger partial charge < -0.3 is 15.5 Å². The van der Waals surface area contributed by atoms with Gasteiger partial charge in [0.05, 0.1) is 0 Å². The van der Waals surface area contributed by atoms with Crippen LogP contribution in [0, 0.1) is 5.82 Å². The number of benzene rings is 1.